The van der Waals surface area contributed by atoms with E-state index in [4.69, 9.17) is 0 Å². The van der Waals surface area contributed by atoms with Gasteiger partial charge in [-0.2, -0.15) is 0 Å². The summed E-state index contributed by atoms with van der Waals surface area (Å²) < 4.78 is 0. The summed E-state index contributed by atoms with van der Waals surface area (Å²) in [7, 11) is 0. The first kappa shape index (κ1) is 34.4. The highest BCUT2D eigenvalue weighted by molar-refractivity contribution is 8.13. The topological polar surface area (TPSA) is 188 Å². The van der Waals surface area contributed by atoms with Crippen molar-refractivity contribution in [2.24, 2.45) is 11.8 Å². The van der Waals surface area contributed by atoms with Gasteiger partial charge in [-0.1, -0.05) is 51.2 Å². The highest BCUT2D eigenvalue weighted by Crippen LogP contribution is 2.11. The third-order valence-corrected chi connectivity index (χ3v) is 6.62. The van der Waals surface area contributed by atoms with Crippen LogP contribution in [0.25, 0.3) is 0 Å². The second kappa shape index (κ2) is 17.0. The number of carboxylic acids is 1. The second-order valence-corrected chi connectivity index (χ2v) is 11.6. The summed E-state index contributed by atoms with van der Waals surface area (Å²) in [5.41, 5.74) is 0. The van der Waals surface area contributed by atoms with Gasteiger partial charge in [-0.15, -0.1) is 0 Å². The van der Waals surface area contributed by atoms with Crippen LogP contribution in [0.15, 0.2) is 0 Å². The Balaban J connectivity index is 5.65. The van der Waals surface area contributed by atoms with Gasteiger partial charge in [0.05, 0.1) is 0 Å². The first-order valence-electron chi connectivity index (χ1n) is 11.7. The molecule has 0 saturated carbocycles. The molecular formula is C23H38N4O8S2. The Morgan fingerprint density at radius 3 is 1.51 bits per heavy atom. The van der Waals surface area contributed by atoms with Crippen LogP contribution in [-0.2, 0) is 33.6 Å². The van der Waals surface area contributed by atoms with Crippen molar-refractivity contribution in [2.45, 2.75) is 79.1 Å². The van der Waals surface area contributed by atoms with Crippen LogP contribution >= 0.6 is 23.5 Å². The summed E-state index contributed by atoms with van der Waals surface area (Å²) in [4.78, 5) is 84.5. The minimum absolute atomic E-state index is 0.0252. The Morgan fingerprint density at radius 1 is 0.649 bits per heavy atom. The molecule has 37 heavy (non-hydrogen) atoms. The number of hydrogen-bond donors (Lipinski definition) is 5. The molecule has 0 fully saturated rings. The number of carboxylic acid groups (broad SMARTS) is 1. The minimum atomic E-state index is -1.34. The maximum atomic E-state index is 13.2. The van der Waals surface area contributed by atoms with E-state index in [2.05, 4.69) is 21.3 Å². The zero-order chi connectivity index (χ0) is 28.9. The van der Waals surface area contributed by atoms with E-state index in [9.17, 15) is 38.7 Å². The molecule has 0 aromatic carbocycles. The second-order valence-electron chi connectivity index (χ2n) is 9.18. The zero-order valence-corrected chi connectivity index (χ0v) is 23.8. The van der Waals surface area contributed by atoms with E-state index in [1.54, 1.807) is 13.8 Å². The molecule has 4 atom stereocenters. The molecule has 5 N–H and O–H groups in total. The monoisotopic (exact) mass is 562 g/mol. The summed E-state index contributed by atoms with van der Waals surface area (Å²) in [5, 5.41) is 18.8. The number of carbonyl (C=O) groups excluding carboxylic acids is 6. The summed E-state index contributed by atoms with van der Waals surface area (Å²) in [6, 6.07) is -4.60. The van der Waals surface area contributed by atoms with E-state index in [-0.39, 0.29) is 34.1 Å². The van der Waals surface area contributed by atoms with Crippen LogP contribution in [0.1, 0.15) is 54.9 Å². The van der Waals surface area contributed by atoms with Crippen LogP contribution in [-0.4, -0.2) is 80.6 Å². The average Bonchev–Trinajstić information content (AvgIpc) is 2.75. The number of carbonyl (C=O) groups is 7. The molecule has 210 valence electrons. The molecule has 0 spiro atoms. The lowest BCUT2D eigenvalue weighted by Gasteiger charge is -2.28. The molecule has 0 aromatic rings. The van der Waals surface area contributed by atoms with Gasteiger partial charge in [0.15, 0.2) is 10.2 Å². The molecule has 0 unspecified atom stereocenters. The zero-order valence-electron chi connectivity index (χ0n) is 22.2. The Morgan fingerprint density at radius 2 is 1.11 bits per heavy atom. The molecule has 0 radical (unpaired) electrons. The first-order valence-corrected chi connectivity index (χ1v) is 13.7. The van der Waals surface area contributed by atoms with Crippen molar-refractivity contribution in [1.82, 2.24) is 21.3 Å². The molecule has 0 rings (SSSR count). The normalized spacial score (nSPS) is 14.2. The lowest BCUT2D eigenvalue weighted by Crippen LogP contribution is -2.59. The Kier molecular flexibility index (Phi) is 15.8. The summed E-state index contributed by atoms with van der Waals surface area (Å²) in [6.45, 7) is 10.8. The number of thioether (sulfide) groups is 2. The van der Waals surface area contributed by atoms with Crippen LogP contribution in [0.4, 0.5) is 0 Å². The maximum absolute atomic E-state index is 13.2. The Bertz CT molecular complexity index is 866. The van der Waals surface area contributed by atoms with Gasteiger partial charge in [0.25, 0.3) is 0 Å². The maximum Gasteiger partial charge on any atom is 0.327 e. The van der Waals surface area contributed by atoms with Crippen molar-refractivity contribution in [2.75, 3.05) is 11.5 Å². The minimum Gasteiger partial charge on any atom is -0.480 e. The largest absolute Gasteiger partial charge is 0.480 e. The molecule has 0 saturated heterocycles. The standard InChI is InChI=1S/C23H38N4O8S2/c1-11(2)8-16(25-21(32)17(24-13(5)28)9-36-14(6)29)20(31)27-19(12(3)4)22(33)26-18(23(34)35)10-37-15(7)30/h11-12,16-19H,8-10H2,1-7H3,(H,24,28)(H,25,32)(H,26,33)(H,27,31)(H,34,35)/t16-,17-,18-,19+/m0/s1. The summed E-state index contributed by atoms with van der Waals surface area (Å²) in [6.07, 6.45) is 0.212. The van der Waals surface area contributed by atoms with Gasteiger partial charge in [-0.05, 0) is 18.3 Å². The lowest BCUT2D eigenvalue weighted by molar-refractivity contribution is -0.142. The molecule has 12 nitrogen and oxygen atoms in total. The van der Waals surface area contributed by atoms with Crippen molar-refractivity contribution in [1.29, 1.82) is 0 Å². The summed E-state index contributed by atoms with van der Waals surface area (Å²) in [5.74, 6) is -4.56. The molecule has 4 amide bonds. The lowest BCUT2D eigenvalue weighted by atomic mass is 9.99. The fraction of sp³-hybridized carbons (Fsp3) is 0.696. The molecular weight excluding hydrogens is 524 g/mol. The van der Waals surface area contributed by atoms with Gasteiger partial charge >= 0.3 is 5.97 Å². The van der Waals surface area contributed by atoms with Crippen LogP contribution in [0.5, 0.6) is 0 Å². The highest BCUT2D eigenvalue weighted by Gasteiger charge is 2.33. The molecule has 0 aliphatic rings. The van der Waals surface area contributed by atoms with Gasteiger partial charge in [0, 0.05) is 32.3 Å². The third kappa shape index (κ3) is 14.6. The SMILES string of the molecule is CC(=O)N[C@@H](CSC(C)=O)C(=O)N[C@@H](CC(C)C)C(=O)N[C@@H](C(=O)N[C@@H](CSC(C)=O)C(=O)O)C(C)C. The van der Waals surface area contributed by atoms with Crippen LogP contribution in [0, 0.1) is 11.8 Å². The first-order chi connectivity index (χ1) is 17.0. The van der Waals surface area contributed by atoms with Gasteiger partial charge in [-0.25, -0.2) is 4.79 Å². The van der Waals surface area contributed by atoms with E-state index in [1.807, 2.05) is 13.8 Å². The number of aliphatic carboxylic acids is 1. The van der Waals surface area contributed by atoms with Crippen molar-refractivity contribution >= 4 is 63.4 Å². The van der Waals surface area contributed by atoms with Crippen LogP contribution < -0.4 is 21.3 Å². The van der Waals surface area contributed by atoms with E-state index < -0.39 is 59.7 Å². The van der Waals surface area contributed by atoms with Crippen molar-refractivity contribution in [3.05, 3.63) is 0 Å². The number of rotatable bonds is 15. The fourth-order valence-corrected chi connectivity index (χ4v) is 4.29. The molecule has 0 aliphatic carbocycles. The number of hydrogen-bond acceptors (Lipinski definition) is 9. The molecule has 0 heterocycles. The van der Waals surface area contributed by atoms with Crippen molar-refractivity contribution < 1.29 is 38.7 Å². The van der Waals surface area contributed by atoms with Gasteiger partial charge in [0.1, 0.15) is 24.2 Å². The number of amides is 4. The van der Waals surface area contributed by atoms with Gasteiger partial charge in [-0.3, -0.25) is 28.8 Å². The van der Waals surface area contributed by atoms with E-state index in [0.717, 1.165) is 23.5 Å². The van der Waals surface area contributed by atoms with Gasteiger partial charge < -0.3 is 26.4 Å². The molecule has 0 aromatic heterocycles. The molecule has 0 aliphatic heterocycles. The van der Waals surface area contributed by atoms with E-state index >= 15 is 0 Å². The smallest absolute Gasteiger partial charge is 0.327 e. The fourth-order valence-electron chi connectivity index (χ4n) is 3.03. The van der Waals surface area contributed by atoms with Gasteiger partial charge in [0.2, 0.25) is 23.6 Å². The molecule has 0 bridgehead atoms. The quantitative estimate of drug-likeness (QED) is 0.186. The Hall–Kier alpha value is -2.61. The highest BCUT2D eigenvalue weighted by atomic mass is 32.2. The Labute approximate surface area is 225 Å². The van der Waals surface area contributed by atoms with Crippen molar-refractivity contribution in [3.63, 3.8) is 0 Å². The van der Waals surface area contributed by atoms with E-state index in [1.165, 1.54) is 20.8 Å². The van der Waals surface area contributed by atoms with Crippen LogP contribution in [0.2, 0.25) is 0 Å². The predicted octanol–water partition coefficient (Wildman–Crippen LogP) is 0.292. The third-order valence-electron chi connectivity index (χ3n) is 4.80. The van der Waals surface area contributed by atoms with Crippen LogP contribution in [0.3, 0.4) is 0 Å². The average molecular weight is 563 g/mol. The number of nitrogens with one attached hydrogen (secondary N) is 4. The predicted molar refractivity (Wildman–Crippen MR) is 142 cm³/mol. The summed E-state index contributed by atoms with van der Waals surface area (Å²) >= 11 is 1.61. The van der Waals surface area contributed by atoms with Crippen molar-refractivity contribution in [3.8, 4) is 0 Å². The van der Waals surface area contributed by atoms with E-state index in [0.29, 0.717) is 0 Å². The molecule has 14 heteroatoms.